The van der Waals surface area contributed by atoms with Gasteiger partial charge in [-0.3, -0.25) is 0 Å². The molecule has 1 unspecified atom stereocenters. The van der Waals surface area contributed by atoms with Crippen LogP contribution >= 0.6 is 27.7 Å². The molecule has 0 aromatic heterocycles. The van der Waals surface area contributed by atoms with E-state index >= 15 is 0 Å². The molecule has 2 N–H and O–H groups in total. The van der Waals surface area contributed by atoms with Crippen molar-refractivity contribution in [3.63, 3.8) is 0 Å². The van der Waals surface area contributed by atoms with Crippen molar-refractivity contribution in [3.05, 3.63) is 28.2 Å². The van der Waals surface area contributed by atoms with Gasteiger partial charge in [-0.2, -0.15) is 0 Å². The van der Waals surface area contributed by atoms with E-state index in [4.69, 9.17) is 5.73 Å². The van der Waals surface area contributed by atoms with Crippen LogP contribution < -0.4 is 5.73 Å². The van der Waals surface area contributed by atoms with Crippen molar-refractivity contribution in [3.8, 4) is 0 Å². The molecule has 1 atom stereocenters. The fourth-order valence-corrected chi connectivity index (χ4v) is 2.97. The summed E-state index contributed by atoms with van der Waals surface area (Å²) in [6, 6.07) is 6.36. The zero-order valence-corrected chi connectivity index (χ0v) is 11.7. The van der Waals surface area contributed by atoms with Crippen molar-refractivity contribution in [2.45, 2.75) is 31.7 Å². The van der Waals surface area contributed by atoms with Gasteiger partial charge in [-0.25, -0.2) is 0 Å². The fraction of sp³-hybridized carbons (Fsp3) is 0.500. The topological polar surface area (TPSA) is 26.0 Å². The summed E-state index contributed by atoms with van der Waals surface area (Å²) in [5.41, 5.74) is 6.76. The highest BCUT2D eigenvalue weighted by Crippen LogP contribution is 2.30. The van der Waals surface area contributed by atoms with Crippen molar-refractivity contribution in [2.75, 3.05) is 5.75 Å². The minimum atomic E-state index is 0.606. The van der Waals surface area contributed by atoms with Gasteiger partial charge in [0.05, 0.1) is 0 Å². The lowest BCUT2D eigenvalue weighted by Gasteiger charge is -2.09. The van der Waals surface area contributed by atoms with Crippen molar-refractivity contribution >= 4 is 27.7 Å². The van der Waals surface area contributed by atoms with Crippen molar-refractivity contribution in [1.82, 2.24) is 0 Å². The third kappa shape index (κ3) is 4.17. The first-order valence-corrected chi connectivity index (χ1v) is 7.06. The van der Waals surface area contributed by atoms with Gasteiger partial charge in [0.2, 0.25) is 0 Å². The van der Waals surface area contributed by atoms with Crippen LogP contribution in [-0.2, 0) is 6.54 Å². The molecule has 1 rings (SSSR count). The summed E-state index contributed by atoms with van der Waals surface area (Å²) in [6.07, 6.45) is 1.24. The van der Waals surface area contributed by atoms with E-state index in [1.54, 1.807) is 0 Å². The average molecular weight is 288 g/mol. The summed E-state index contributed by atoms with van der Waals surface area (Å²) >= 11 is 5.49. The Morgan fingerprint density at radius 2 is 2.20 bits per heavy atom. The molecule has 0 spiro atoms. The number of halogens is 1. The highest BCUT2D eigenvalue weighted by Gasteiger charge is 2.04. The summed E-state index contributed by atoms with van der Waals surface area (Å²) in [7, 11) is 0. The lowest BCUT2D eigenvalue weighted by Crippen LogP contribution is -1.97. The second kappa shape index (κ2) is 6.56. The molecule has 1 nitrogen and oxygen atoms in total. The third-order valence-electron chi connectivity index (χ3n) is 2.45. The minimum absolute atomic E-state index is 0.606. The molecule has 0 aliphatic carbocycles. The Bertz CT molecular complexity index is 314. The summed E-state index contributed by atoms with van der Waals surface area (Å²) in [6.45, 7) is 5.13. The number of hydrogen-bond donors (Lipinski definition) is 1. The van der Waals surface area contributed by atoms with Gasteiger partial charge in [0.1, 0.15) is 0 Å². The predicted octanol–water partition coefficient (Wildman–Crippen LogP) is 4.05. The molecule has 0 aliphatic heterocycles. The molecule has 0 aliphatic rings. The summed E-state index contributed by atoms with van der Waals surface area (Å²) in [5, 5.41) is 0. The van der Waals surface area contributed by atoms with Gasteiger partial charge in [-0.05, 0) is 39.5 Å². The van der Waals surface area contributed by atoms with Crippen molar-refractivity contribution in [1.29, 1.82) is 0 Å². The molecule has 15 heavy (non-hydrogen) atoms. The lowest BCUT2D eigenvalue weighted by molar-refractivity contribution is 0.637. The average Bonchev–Trinajstić information content (AvgIpc) is 2.26. The highest BCUT2D eigenvalue weighted by atomic mass is 79.9. The van der Waals surface area contributed by atoms with E-state index in [1.807, 2.05) is 11.8 Å². The maximum absolute atomic E-state index is 5.58. The van der Waals surface area contributed by atoms with Crippen LogP contribution in [0.2, 0.25) is 0 Å². The van der Waals surface area contributed by atoms with Gasteiger partial charge >= 0.3 is 0 Å². The molecule has 0 radical (unpaired) electrons. The number of nitrogens with two attached hydrogens (primary N) is 1. The quantitative estimate of drug-likeness (QED) is 0.827. The molecule has 0 saturated heterocycles. The third-order valence-corrected chi connectivity index (χ3v) is 4.77. The van der Waals surface area contributed by atoms with Crippen LogP contribution in [0.15, 0.2) is 27.6 Å². The smallest absolute Gasteiger partial charge is 0.0314 e. The van der Waals surface area contributed by atoms with Gasteiger partial charge in [0, 0.05) is 21.7 Å². The first kappa shape index (κ1) is 13.1. The van der Waals surface area contributed by atoms with Crippen LogP contribution in [0.1, 0.15) is 25.8 Å². The highest BCUT2D eigenvalue weighted by molar-refractivity contribution is 9.10. The van der Waals surface area contributed by atoms with Crippen LogP contribution in [0.3, 0.4) is 0 Å². The Morgan fingerprint density at radius 3 is 2.73 bits per heavy atom. The maximum atomic E-state index is 5.58. The second-order valence-electron chi connectivity index (χ2n) is 3.79. The minimum Gasteiger partial charge on any atom is -0.326 e. The molecule has 1 aromatic rings. The molecule has 0 fully saturated rings. The van der Waals surface area contributed by atoms with E-state index < -0.39 is 0 Å². The molecule has 0 amide bonds. The molecule has 1 aromatic carbocycles. The zero-order chi connectivity index (χ0) is 11.3. The number of hydrogen-bond acceptors (Lipinski definition) is 2. The van der Waals surface area contributed by atoms with Gasteiger partial charge < -0.3 is 5.73 Å². The van der Waals surface area contributed by atoms with Crippen LogP contribution in [0, 0.1) is 5.92 Å². The van der Waals surface area contributed by atoms with Gasteiger partial charge in [0.25, 0.3) is 0 Å². The Morgan fingerprint density at radius 1 is 1.47 bits per heavy atom. The predicted molar refractivity (Wildman–Crippen MR) is 72.2 cm³/mol. The van der Waals surface area contributed by atoms with E-state index in [-0.39, 0.29) is 0 Å². The lowest BCUT2D eigenvalue weighted by atomic mass is 10.2. The molecular formula is C12H18BrNS. The van der Waals surface area contributed by atoms with E-state index in [0.717, 1.165) is 5.92 Å². The zero-order valence-electron chi connectivity index (χ0n) is 9.29. The van der Waals surface area contributed by atoms with Crippen LogP contribution in [0.4, 0.5) is 0 Å². The van der Waals surface area contributed by atoms with Crippen LogP contribution in [0.25, 0.3) is 0 Å². The monoisotopic (exact) mass is 287 g/mol. The molecule has 0 heterocycles. The molecule has 0 bridgehead atoms. The summed E-state index contributed by atoms with van der Waals surface area (Å²) in [4.78, 5) is 1.31. The first-order chi connectivity index (χ1) is 7.17. The fourth-order valence-electron chi connectivity index (χ4n) is 1.14. The largest absolute Gasteiger partial charge is 0.326 e. The Kier molecular flexibility index (Phi) is 5.72. The molecule has 0 saturated carbocycles. The molecular weight excluding hydrogens is 270 g/mol. The normalized spacial score (nSPS) is 12.8. The first-order valence-electron chi connectivity index (χ1n) is 5.28. The summed E-state index contributed by atoms with van der Waals surface area (Å²) < 4.78 is 1.17. The van der Waals surface area contributed by atoms with Gasteiger partial charge in [-0.1, -0.05) is 26.3 Å². The van der Waals surface area contributed by atoms with E-state index in [0.29, 0.717) is 6.54 Å². The number of rotatable bonds is 5. The Labute approximate surface area is 105 Å². The van der Waals surface area contributed by atoms with Gasteiger partial charge in [0.15, 0.2) is 0 Å². The standard InChI is InChI=1S/C12H18BrNS/c1-3-9(2)8-15-12-5-4-10(7-14)6-11(12)13/h4-6,9H,3,7-8,14H2,1-2H3. The van der Waals surface area contributed by atoms with Crippen molar-refractivity contribution in [2.24, 2.45) is 11.7 Å². The summed E-state index contributed by atoms with van der Waals surface area (Å²) in [5.74, 6) is 1.95. The van der Waals surface area contributed by atoms with Crippen molar-refractivity contribution < 1.29 is 0 Å². The SMILES string of the molecule is CCC(C)CSc1ccc(CN)cc1Br. The second-order valence-corrected chi connectivity index (χ2v) is 5.71. The van der Waals surface area contributed by atoms with E-state index in [1.165, 1.54) is 27.1 Å². The number of thioether (sulfide) groups is 1. The maximum Gasteiger partial charge on any atom is 0.0314 e. The Hall–Kier alpha value is 0.01000. The van der Waals surface area contributed by atoms with Gasteiger partial charge in [-0.15, -0.1) is 11.8 Å². The molecule has 3 heteroatoms. The van der Waals surface area contributed by atoms with E-state index in [9.17, 15) is 0 Å². The van der Waals surface area contributed by atoms with Crippen LogP contribution in [0.5, 0.6) is 0 Å². The number of benzene rings is 1. The van der Waals surface area contributed by atoms with E-state index in [2.05, 4.69) is 48.0 Å². The van der Waals surface area contributed by atoms with Crippen LogP contribution in [-0.4, -0.2) is 5.75 Å². The molecule has 84 valence electrons. The Balaban J connectivity index is 2.62.